The summed E-state index contributed by atoms with van der Waals surface area (Å²) in [4.78, 5) is 25.2. The van der Waals surface area contributed by atoms with Crippen molar-refractivity contribution in [1.29, 1.82) is 0 Å². The number of unbranched alkanes of at least 4 members (excludes halogenated alkanes) is 1. The van der Waals surface area contributed by atoms with Gasteiger partial charge in [-0.3, -0.25) is 4.79 Å². The molecule has 1 aromatic carbocycles. The van der Waals surface area contributed by atoms with E-state index in [1.54, 1.807) is 17.0 Å². The summed E-state index contributed by atoms with van der Waals surface area (Å²) in [7, 11) is 0. The summed E-state index contributed by atoms with van der Waals surface area (Å²) < 4.78 is 13.4. The van der Waals surface area contributed by atoms with Crippen LogP contribution in [0.3, 0.4) is 0 Å². The molecule has 0 fully saturated rings. The number of halogens is 2. The lowest BCUT2D eigenvalue weighted by Crippen LogP contribution is -2.39. The Morgan fingerprint density at radius 3 is 2.48 bits per heavy atom. The van der Waals surface area contributed by atoms with Gasteiger partial charge in [0.05, 0.1) is 6.54 Å². The Labute approximate surface area is 164 Å². The number of amides is 1. The van der Waals surface area contributed by atoms with Crippen molar-refractivity contribution < 1.29 is 9.18 Å². The number of fused-ring (bicyclic) bond motifs is 1. The van der Waals surface area contributed by atoms with E-state index >= 15 is 0 Å². The lowest BCUT2D eigenvalue weighted by Gasteiger charge is -2.37. The van der Waals surface area contributed by atoms with Crippen LogP contribution in [0, 0.1) is 5.82 Å². The van der Waals surface area contributed by atoms with Gasteiger partial charge in [0.25, 0.3) is 5.91 Å². The van der Waals surface area contributed by atoms with Gasteiger partial charge in [-0.15, -0.1) is 0 Å². The Kier molecular flexibility index (Phi) is 5.38. The second kappa shape index (κ2) is 7.43. The molecule has 144 valence electrons. The Morgan fingerprint density at radius 1 is 1.22 bits per heavy atom. The molecule has 5 nitrogen and oxygen atoms in total. The van der Waals surface area contributed by atoms with Gasteiger partial charge in [0.2, 0.25) is 5.28 Å². The van der Waals surface area contributed by atoms with Crippen LogP contribution in [0.25, 0.3) is 0 Å². The second-order valence-corrected chi connectivity index (χ2v) is 8.04. The van der Waals surface area contributed by atoms with Gasteiger partial charge in [-0.25, -0.2) is 9.37 Å². The van der Waals surface area contributed by atoms with Gasteiger partial charge in [-0.05, 0) is 63.1 Å². The number of benzene rings is 1. The first-order chi connectivity index (χ1) is 12.7. The second-order valence-electron chi connectivity index (χ2n) is 7.71. The molecule has 0 unspecified atom stereocenters. The molecule has 0 saturated heterocycles. The molecule has 1 aromatic heterocycles. The van der Waals surface area contributed by atoms with Gasteiger partial charge in [0, 0.05) is 23.3 Å². The molecule has 1 aliphatic rings. The molecule has 0 saturated carbocycles. The van der Waals surface area contributed by atoms with E-state index in [9.17, 15) is 9.18 Å². The highest BCUT2D eigenvalue weighted by Gasteiger charge is 2.36. The average Bonchev–Trinajstić information content (AvgIpc) is 2.90. The van der Waals surface area contributed by atoms with E-state index in [4.69, 9.17) is 11.6 Å². The van der Waals surface area contributed by atoms with Gasteiger partial charge in [-0.1, -0.05) is 13.3 Å². The van der Waals surface area contributed by atoms with E-state index in [-0.39, 0.29) is 22.5 Å². The number of nitrogens with zero attached hydrogens (tertiary/aromatic N) is 4. The quantitative estimate of drug-likeness (QED) is 0.677. The van der Waals surface area contributed by atoms with Crippen molar-refractivity contribution in [2.24, 2.45) is 0 Å². The number of carbonyl (C=O) groups is 1. The molecule has 27 heavy (non-hydrogen) atoms. The molecular weight excluding hydrogens is 367 g/mol. The number of aromatic nitrogens is 2. The Balaban J connectivity index is 2.11. The van der Waals surface area contributed by atoms with E-state index in [1.165, 1.54) is 12.1 Å². The third-order valence-electron chi connectivity index (χ3n) is 4.55. The lowest BCUT2D eigenvalue weighted by molar-refractivity contribution is 0.0772. The molecular formula is C20H24ClFN4O. The number of hydrogen-bond donors (Lipinski definition) is 0. The van der Waals surface area contributed by atoms with Gasteiger partial charge in [0.15, 0.2) is 0 Å². The fraction of sp³-hybridized carbons (Fsp3) is 0.450. The maximum atomic E-state index is 13.4. The fourth-order valence-corrected chi connectivity index (χ4v) is 3.48. The minimum absolute atomic E-state index is 0.0332. The van der Waals surface area contributed by atoms with E-state index in [2.05, 4.69) is 16.9 Å². The first-order valence-electron chi connectivity index (χ1n) is 9.14. The van der Waals surface area contributed by atoms with Crippen molar-refractivity contribution in [2.75, 3.05) is 11.4 Å². The first kappa shape index (κ1) is 19.5. The monoisotopic (exact) mass is 390 g/mol. The normalized spacial score (nSPS) is 13.9. The molecule has 0 radical (unpaired) electrons. The van der Waals surface area contributed by atoms with E-state index < -0.39 is 0 Å². The standard InChI is InChI=1S/C20H24ClFN4O/c1-5-6-11-25-12-15-16(18(25)27)23-19(21)24-17(15)26(20(2,3)4)14-9-7-13(22)8-10-14/h7-10H,5-6,11-12H2,1-4H3. The molecule has 7 heteroatoms. The zero-order valence-electron chi connectivity index (χ0n) is 16.1. The number of carbonyl (C=O) groups excluding carboxylic acids is 1. The summed E-state index contributed by atoms with van der Waals surface area (Å²) in [5.74, 6) is 0.174. The van der Waals surface area contributed by atoms with Crippen LogP contribution in [0.1, 0.15) is 56.6 Å². The van der Waals surface area contributed by atoms with Gasteiger partial charge in [-0.2, -0.15) is 4.98 Å². The number of anilines is 2. The smallest absolute Gasteiger partial charge is 0.273 e. The maximum absolute atomic E-state index is 13.4. The van der Waals surface area contributed by atoms with E-state index in [1.807, 2.05) is 25.7 Å². The molecule has 0 aliphatic carbocycles. The van der Waals surface area contributed by atoms with Crippen molar-refractivity contribution in [3.8, 4) is 0 Å². The number of rotatable bonds is 5. The zero-order chi connectivity index (χ0) is 19.8. The molecule has 0 bridgehead atoms. The maximum Gasteiger partial charge on any atom is 0.273 e. The molecule has 1 aliphatic heterocycles. The van der Waals surface area contributed by atoms with Crippen LogP contribution in [-0.2, 0) is 6.54 Å². The summed E-state index contributed by atoms with van der Waals surface area (Å²) in [6.07, 6.45) is 1.93. The molecule has 0 N–H and O–H groups in total. The average molecular weight is 391 g/mol. The minimum Gasteiger partial charge on any atom is -0.333 e. The summed E-state index contributed by atoms with van der Waals surface area (Å²) in [6, 6.07) is 6.23. The van der Waals surface area contributed by atoms with Crippen molar-refractivity contribution in [1.82, 2.24) is 14.9 Å². The topological polar surface area (TPSA) is 49.3 Å². The van der Waals surface area contributed by atoms with Crippen LogP contribution in [0.15, 0.2) is 24.3 Å². The summed E-state index contributed by atoms with van der Waals surface area (Å²) in [6.45, 7) is 9.31. The third kappa shape index (κ3) is 3.90. The molecule has 0 spiro atoms. The van der Waals surface area contributed by atoms with Crippen LogP contribution in [0.5, 0.6) is 0 Å². The summed E-state index contributed by atoms with van der Waals surface area (Å²) in [5.41, 5.74) is 1.53. The van der Waals surface area contributed by atoms with Gasteiger partial charge in [0.1, 0.15) is 17.3 Å². The van der Waals surface area contributed by atoms with Crippen molar-refractivity contribution >= 4 is 29.0 Å². The SMILES string of the molecule is CCCCN1Cc2c(nc(Cl)nc2N(c2ccc(F)cc2)C(C)(C)C)C1=O. The van der Waals surface area contributed by atoms with Crippen LogP contribution < -0.4 is 4.90 Å². The number of hydrogen-bond acceptors (Lipinski definition) is 4. The molecule has 3 rings (SSSR count). The van der Waals surface area contributed by atoms with Crippen molar-refractivity contribution in [3.63, 3.8) is 0 Å². The molecule has 2 aromatic rings. The Hall–Kier alpha value is -2.21. The first-order valence-corrected chi connectivity index (χ1v) is 9.51. The summed E-state index contributed by atoms with van der Waals surface area (Å²) >= 11 is 6.17. The lowest BCUT2D eigenvalue weighted by atomic mass is 10.0. The van der Waals surface area contributed by atoms with Crippen molar-refractivity contribution in [2.45, 2.75) is 52.6 Å². The molecule has 2 heterocycles. The fourth-order valence-electron chi connectivity index (χ4n) is 3.31. The Bertz CT molecular complexity index is 848. The summed E-state index contributed by atoms with van der Waals surface area (Å²) in [5, 5.41) is 0.0332. The van der Waals surface area contributed by atoms with Crippen LogP contribution >= 0.6 is 11.6 Å². The largest absolute Gasteiger partial charge is 0.333 e. The van der Waals surface area contributed by atoms with Crippen LogP contribution in [0.4, 0.5) is 15.9 Å². The predicted molar refractivity (Wildman–Crippen MR) is 105 cm³/mol. The predicted octanol–water partition coefficient (Wildman–Crippen LogP) is 4.96. The highest BCUT2D eigenvalue weighted by Crippen LogP contribution is 2.38. The van der Waals surface area contributed by atoms with Crippen LogP contribution in [-0.4, -0.2) is 32.9 Å². The molecule has 1 amide bonds. The third-order valence-corrected chi connectivity index (χ3v) is 4.71. The molecule has 0 atom stereocenters. The minimum atomic E-state index is -0.372. The van der Waals surface area contributed by atoms with E-state index in [0.717, 1.165) is 24.1 Å². The highest BCUT2D eigenvalue weighted by molar-refractivity contribution is 6.28. The van der Waals surface area contributed by atoms with Gasteiger partial charge >= 0.3 is 0 Å². The zero-order valence-corrected chi connectivity index (χ0v) is 16.8. The van der Waals surface area contributed by atoms with Gasteiger partial charge < -0.3 is 9.80 Å². The van der Waals surface area contributed by atoms with E-state index in [0.29, 0.717) is 24.6 Å². The van der Waals surface area contributed by atoms with Crippen molar-refractivity contribution in [3.05, 3.63) is 46.6 Å². The van der Waals surface area contributed by atoms with Crippen LogP contribution in [0.2, 0.25) is 5.28 Å². The highest BCUT2D eigenvalue weighted by atomic mass is 35.5. The Morgan fingerprint density at radius 2 is 1.89 bits per heavy atom.